The molecule has 1 aliphatic heterocycles. The Kier molecular flexibility index (Phi) is 4.02. The van der Waals surface area contributed by atoms with Crippen LogP contribution in [0.25, 0.3) is 11.0 Å². The third-order valence-corrected chi connectivity index (χ3v) is 4.40. The van der Waals surface area contributed by atoms with Crippen molar-refractivity contribution in [3.05, 3.63) is 30.2 Å². The van der Waals surface area contributed by atoms with Crippen LogP contribution < -0.4 is 5.32 Å². The number of hydrogen-bond acceptors (Lipinski definition) is 4. The third-order valence-electron chi connectivity index (χ3n) is 4.10. The molecule has 0 aromatic carbocycles. The molecular weight excluding hydrogens is 302 g/mol. The summed E-state index contributed by atoms with van der Waals surface area (Å²) in [6.07, 6.45) is 6.46. The number of amides is 1. The molecule has 1 fully saturated rings. The largest absolute Gasteiger partial charge is 0.365 e. The van der Waals surface area contributed by atoms with Crippen LogP contribution in [-0.4, -0.2) is 44.4 Å². The van der Waals surface area contributed by atoms with Crippen molar-refractivity contribution >= 4 is 34.4 Å². The fourth-order valence-corrected chi connectivity index (χ4v) is 3.11. The maximum Gasteiger partial charge on any atom is 0.246 e. The van der Waals surface area contributed by atoms with Crippen molar-refractivity contribution in [1.82, 2.24) is 19.9 Å². The first-order valence-corrected chi connectivity index (χ1v) is 7.65. The van der Waals surface area contributed by atoms with E-state index in [4.69, 9.17) is 11.6 Å². The van der Waals surface area contributed by atoms with Crippen molar-refractivity contribution in [3.8, 4) is 0 Å². The van der Waals surface area contributed by atoms with Gasteiger partial charge in [-0.05, 0) is 25.8 Å². The summed E-state index contributed by atoms with van der Waals surface area (Å²) in [7, 11) is 0. The van der Waals surface area contributed by atoms with Gasteiger partial charge in [-0.15, -0.1) is 0 Å². The smallest absolute Gasteiger partial charge is 0.246 e. The van der Waals surface area contributed by atoms with E-state index in [0.29, 0.717) is 23.0 Å². The Bertz CT molecular complexity index is 713. The van der Waals surface area contributed by atoms with E-state index in [1.807, 2.05) is 4.90 Å². The summed E-state index contributed by atoms with van der Waals surface area (Å²) in [5, 5.41) is 4.76. The van der Waals surface area contributed by atoms with Gasteiger partial charge in [-0.25, -0.2) is 9.97 Å². The highest BCUT2D eigenvalue weighted by Crippen LogP contribution is 2.29. The summed E-state index contributed by atoms with van der Waals surface area (Å²) < 4.78 is 0. The van der Waals surface area contributed by atoms with E-state index < -0.39 is 0 Å². The summed E-state index contributed by atoms with van der Waals surface area (Å²) >= 11 is 6.19. The van der Waals surface area contributed by atoms with Gasteiger partial charge in [0.2, 0.25) is 5.91 Å². The lowest BCUT2D eigenvalue weighted by Crippen LogP contribution is -2.49. The lowest BCUT2D eigenvalue weighted by molar-refractivity contribution is -0.129. The minimum absolute atomic E-state index is 0.0356. The van der Waals surface area contributed by atoms with Crippen molar-refractivity contribution < 1.29 is 4.79 Å². The summed E-state index contributed by atoms with van der Waals surface area (Å²) in [6.45, 7) is 6.25. The van der Waals surface area contributed by atoms with Crippen LogP contribution in [0.2, 0.25) is 5.02 Å². The van der Waals surface area contributed by atoms with Gasteiger partial charge in [0.15, 0.2) is 0 Å². The van der Waals surface area contributed by atoms with Gasteiger partial charge >= 0.3 is 0 Å². The van der Waals surface area contributed by atoms with Crippen LogP contribution in [0, 0.1) is 0 Å². The molecule has 116 valence electrons. The van der Waals surface area contributed by atoms with Gasteiger partial charge in [0.1, 0.15) is 17.8 Å². The van der Waals surface area contributed by atoms with Crippen LogP contribution in [0.15, 0.2) is 25.2 Å². The van der Waals surface area contributed by atoms with Crippen molar-refractivity contribution in [3.63, 3.8) is 0 Å². The number of piperidine rings is 1. The topological polar surface area (TPSA) is 73.9 Å². The van der Waals surface area contributed by atoms with Crippen LogP contribution >= 0.6 is 11.6 Å². The van der Waals surface area contributed by atoms with E-state index in [9.17, 15) is 4.79 Å². The molecule has 0 saturated carbocycles. The molecule has 22 heavy (non-hydrogen) atoms. The minimum Gasteiger partial charge on any atom is -0.365 e. The van der Waals surface area contributed by atoms with Gasteiger partial charge < -0.3 is 15.2 Å². The van der Waals surface area contributed by atoms with Crippen molar-refractivity contribution in [2.45, 2.75) is 31.8 Å². The van der Waals surface area contributed by atoms with Crippen molar-refractivity contribution in [1.29, 1.82) is 0 Å². The normalized spacial score (nSPS) is 21.8. The molecule has 7 heteroatoms. The third kappa shape index (κ3) is 2.66. The number of hydrogen-bond donors (Lipinski definition) is 2. The van der Waals surface area contributed by atoms with Gasteiger partial charge in [-0.2, -0.15) is 0 Å². The van der Waals surface area contributed by atoms with E-state index in [-0.39, 0.29) is 18.0 Å². The molecular formula is C15H18ClN5O. The number of nitrogens with zero attached hydrogens (tertiary/aromatic N) is 3. The predicted octanol–water partition coefficient (Wildman–Crippen LogP) is 2.59. The van der Waals surface area contributed by atoms with E-state index in [1.54, 1.807) is 6.20 Å². The molecule has 0 bridgehead atoms. The van der Waals surface area contributed by atoms with Gasteiger partial charge in [0.05, 0.1) is 10.4 Å². The molecule has 1 saturated heterocycles. The molecule has 2 aromatic rings. The summed E-state index contributed by atoms with van der Waals surface area (Å²) in [5.74, 6) is 0.660. The summed E-state index contributed by atoms with van der Waals surface area (Å²) in [5.41, 5.74) is 0.700. The number of halogens is 1. The first kappa shape index (κ1) is 14.8. The van der Waals surface area contributed by atoms with Crippen molar-refractivity contribution in [2.24, 2.45) is 0 Å². The first-order chi connectivity index (χ1) is 10.6. The second kappa shape index (κ2) is 5.96. The van der Waals surface area contributed by atoms with Crippen molar-refractivity contribution in [2.75, 3.05) is 11.9 Å². The number of aromatic nitrogens is 3. The summed E-state index contributed by atoms with van der Waals surface area (Å²) in [6, 6.07) is 0.356. The number of carbonyl (C=O) groups is 1. The number of aromatic amines is 1. The first-order valence-electron chi connectivity index (χ1n) is 7.27. The number of H-pyrrole nitrogens is 1. The molecule has 0 radical (unpaired) electrons. The fraction of sp³-hybridized carbons (Fsp3) is 0.400. The van der Waals surface area contributed by atoms with Crippen LogP contribution in [0.1, 0.15) is 19.8 Å². The van der Waals surface area contributed by atoms with Gasteiger partial charge in [0.25, 0.3) is 0 Å². The predicted molar refractivity (Wildman–Crippen MR) is 86.9 cm³/mol. The lowest BCUT2D eigenvalue weighted by atomic mass is 9.99. The molecule has 3 rings (SSSR count). The van der Waals surface area contributed by atoms with E-state index in [0.717, 1.165) is 18.2 Å². The molecule has 1 aliphatic rings. The molecule has 2 atom stereocenters. The maximum absolute atomic E-state index is 11.9. The van der Waals surface area contributed by atoms with Gasteiger partial charge in [-0.1, -0.05) is 18.2 Å². The Balaban J connectivity index is 1.81. The molecule has 1 amide bonds. The standard InChI is InChI=1S/C15H18ClN5O/c1-3-12(22)21-7-10(5-4-9(21)2)20-15-13-11(16)6-17-14(13)18-8-19-15/h3,6,8-10H,1,4-5,7H2,2H3,(H2,17,18,19,20)/t9-,10+/m0/s1. The van der Waals surface area contributed by atoms with Crippen LogP contribution in [-0.2, 0) is 4.79 Å². The zero-order valence-electron chi connectivity index (χ0n) is 12.3. The average molecular weight is 320 g/mol. The van der Waals surface area contributed by atoms with Crippen LogP contribution in [0.4, 0.5) is 5.82 Å². The maximum atomic E-state index is 11.9. The highest BCUT2D eigenvalue weighted by atomic mass is 35.5. The van der Waals surface area contributed by atoms with E-state index >= 15 is 0 Å². The fourth-order valence-electron chi connectivity index (χ4n) is 2.88. The van der Waals surface area contributed by atoms with E-state index in [2.05, 4.69) is 33.8 Å². The molecule has 6 nitrogen and oxygen atoms in total. The molecule has 0 spiro atoms. The lowest BCUT2D eigenvalue weighted by Gasteiger charge is -2.38. The SMILES string of the molecule is C=CC(=O)N1C[C@H](Nc2ncnc3[nH]cc(Cl)c23)CC[C@@H]1C. The van der Waals surface area contributed by atoms with Crippen LogP contribution in [0.5, 0.6) is 0 Å². The Labute approximate surface area is 133 Å². The zero-order valence-corrected chi connectivity index (χ0v) is 13.1. The molecule has 3 heterocycles. The zero-order chi connectivity index (χ0) is 15.7. The number of carbonyl (C=O) groups excluding carboxylic acids is 1. The minimum atomic E-state index is -0.0356. The Morgan fingerprint density at radius 3 is 3.14 bits per heavy atom. The number of rotatable bonds is 3. The summed E-state index contributed by atoms with van der Waals surface area (Å²) in [4.78, 5) is 25.2. The van der Waals surface area contributed by atoms with E-state index in [1.165, 1.54) is 12.4 Å². The Morgan fingerprint density at radius 2 is 2.36 bits per heavy atom. The second-order valence-electron chi connectivity index (χ2n) is 5.54. The highest BCUT2D eigenvalue weighted by Gasteiger charge is 2.28. The quantitative estimate of drug-likeness (QED) is 0.853. The molecule has 2 aromatic heterocycles. The highest BCUT2D eigenvalue weighted by molar-refractivity contribution is 6.36. The Morgan fingerprint density at radius 1 is 1.55 bits per heavy atom. The number of likely N-dealkylation sites (tertiary alicyclic amines) is 1. The number of fused-ring (bicyclic) bond motifs is 1. The monoisotopic (exact) mass is 319 g/mol. The number of nitrogens with one attached hydrogen (secondary N) is 2. The Hall–Kier alpha value is -2.08. The van der Waals surface area contributed by atoms with Crippen LogP contribution in [0.3, 0.4) is 0 Å². The second-order valence-corrected chi connectivity index (χ2v) is 5.95. The average Bonchev–Trinajstić information content (AvgIpc) is 2.91. The molecule has 0 aliphatic carbocycles. The van der Waals surface area contributed by atoms with Gasteiger partial charge in [-0.3, -0.25) is 4.79 Å². The molecule has 0 unspecified atom stereocenters. The molecule has 2 N–H and O–H groups in total. The van der Waals surface area contributed by atoms with Gasteiger partial charge in [0, 0.05) is 24.8 Å². The number of anilines is 1.